The van der Waals surface area contributed by atoms with E-state index in [-0.39, 0.29) is 45.1 Å². The SMILES string of the molecule is C=C(C)[C@@H]1CC[C@]2(COC(=O)CCC[NH+]3CCNCC3)CC[C@]3(C)C(CCC4[C@@]5(C)CC[C@H](OC(=O)CCC[NH+]6CCNCC6)C(C)(C)C5CC[C@]43C)C12. The Kier molecular flexibility index (Phi) is 12.1. The summed E-state index contributed by atoms with van der Waals surface area (Å²) in [6.45, 7) is 31.6. The van der Waals surface area contributed by atoms with Gasteiger partial charge in [0, 0.05) is 49.9 Å². The molecule has 5 aliphatic carbocycles. The van der Waals surface area contributed by atoms with Crippen molar-refractivity contribution in [2.24, 2.45) is 56.7 Å². The number of rotatable bonds is 12. The van der Waals surface area contributed by atoms with Crippen LogP contribution in [-0.4, -0.2) is 90.1 Å². The van der Waals surface area contributed by atoms with Crippen molar-refractivity contribution < 1.29 is 28.9 Å². The minimum Gasteiger partial charge on any atom is -0.465 e. The normalized spacial score (nSPS) is 42.2. The molecule has 8 heteroatoms. The summed E-state index contributed by atoms with van der Waals surface area (Å²) in [5.41, 5.74) is 2.18. The number of fused-ring (bicyclic) bond motifs is 7. The van der Waals surface area contributed by atoms with Gasteiger partial charge in [-0.15, -0.1) is 0 Å². The van der Waals surface area contributed by atoms with Gasteiger partial charge in [-0.2, -0.15) is 0 Å². The van der Waals surface area contributed by atoms with E-state index < -0.39 is 0 Å². The van der Waals surface area contributed by atoms with Crippen molar-refractivity contribution in [3.8, 4) is 0 Å². The number of allylic oxidation sites excluding steroid dienone is 1. The van der Waals surface area contributed by atoms with Crippen LogP contribution in [0.2, 0.25) is 0 Å². The van der Waals surface area contributed by atoms with Crippen LogP contribution in [0.5, 0.6) is 0 Å². The molecule has 0 spiro atoms. The number of hydrogen-bond donors (Lipinski definition) is 4. The number of ether oxygens (including phenoxy) is 2. The van der Waals surface area contributed by atoms with Gasteiger partial charge in [0.25, 0.3) is 0 Å². The predicted octanol–water partition coefficient (Wildman–Crippen LogP) is 4.64. The molecule has 7 fully saturated rings. The molecule has 10 atom stereocenters. The van der Waals surface area contributed by atoms with Gasteiger partial charge in [0.05, 0.1) is 58.7 Å². The molecule has 0 aromatic rings. The van der Waals surface area contributed by atoms with Crippen LogP contribution in [0.25, 0.3) is 0 Å². The van der Waals surface area contributed by atoms with Crippen molar-refractivity contribution in [1.82, 2.24) is 10.6 Å². The van der Waals surface area contributed by atoms with Gasteiger partial charge in [-0.25, -0.2) is 0 Å². The number of nitrogens with one attached hydrogen (secondary N) is 4. The highest BCUT2D eigenvalue weighted by molar-refractivity contribution is 5.69. The molecule has 0 amide bonds. The summed E-state index contributed by atoms with van der Waals surface area (Å²) >= 11 is 0. The van der Waals surface area contributed by atoms with Crippen LogP contribution >= 0.6 is 0 Å². The lowest BCUT2D eigenvalue weighted by Gasteiger charge is -2.73. The number of piperazine rings is 2. The third-order valence-electron chi connectivity index (χ3n) is 18.4. The predicted molar refractivity (Wildman–Crippen MR) is 215 cm³/mol. The van der Waals surface area contributed by atoms with Crippen molar-refractivity contribution in [3.63, 3.8) is 0 Å². The summed E-state index contributed by atoms with van der Waals surface area (Å²) in [5, 5.41) is 6.89. The minimum absolute atomic E-state index is 0.0158. The number of quaternary nitrogens is 2. The van der Waals surface area contributed by atoms with Crippen LogP contribution in [0.3, 0.4) is 0 Å². The highest BCUT2D eigenvalue weighted by Gasteiger charge is 2.71. The maximum atomic E-state index is 13.3. The molecule has 4 N–H and O–H groups in total. The lowest BCUT2D eigenvalue weighted by Crippen LogP contribution is -3.14. The van der Waals surface area contributed by atoms with Gasteiger partial charge in [0.2, 0.25) is 0 Å². The third kappa shape index (κ3) is 7.39. The molecule has 4 unspecified atom stereocenters. The van der Waals surface area contributed by atoms with Crippen molar-refractivity contribution >= 4 is 11.9 Å². The zero-order valence-corrected chi connectivity index (χ0v) is 35.5. The maximum absolute atomic E-state index is 13.3. The number of hydrogen-bond acceptors (Lipinski definition) is 6. The molecule has 2 saturated heterocycles. The second-order valence-corrected chi connectivity index (χ2v) is 21.3. The van der Waals surface area contributed by atoms with Crippen molar-refractivity contribution in [1.29, 1.82) is 0 Å². The third-order valence-corrected chi connectivity index (χ3v) is 18.4. The summed E-state index contributed by atoms with van der Waals surface area (Å²) < 4.78 is 12.7. The van der Waals surface area contributed by atoms with Crippen LogP contribution < -0.4 is 20.4 Å². The lowest BCUT2D eigenvalue weighted by molar-refractivity contribution is -0.902. The first kappa shape index (κ1) is 40.7. The molecular weight excluding hydrogens is 673 g/mol. The van der Waals surface area contributed by atoms with Gasteiger partial charge >= 0.3 is 11.9 Å². The summed E-state index contributed by atoms with van der Waals surface area (Å²) in [5.74, 6) is 3.00. The molecule has 0 aromatic heterocycles. The lowest BCUT2D eigenvalue weighted by atomic mass is 9.32. The van der Waals surface area contributed by atoms with Crippen molar-refractivity contribution in [2.45, 2.75) is 138 Å². The van der Waals surface area contributed by atoms with Crippen molar-refractivity contribution in [2.75, 3.05) is 72.1 Å². The number of esters is 2. The Bertz CT molecular complexity index is 1360. The van der Waals surface area contributed by atoms with E-state index in [9.17, 15) is 9.59 Å². The second-order valence-electron chi connectivity index (χ2n) is 21.3. The Morgan fingerprint density at radius 2 is 1.33 bits per heavy atom. The molecule has 7 rings (SSSR count). The standard InChI is InChI=1S/C46H78N4O4/c1-33(2)34-14-19-46(32-53-39(51)10-8-26-49-28-22-47-23-29-49)21-20-44(6)35(41(34)46)12-13-37-43(5)17-16-38(42(3,4)36(43)15-18-45(37,44)7)54-40(52)11-9-27-50-30-24-48-25-31-50/h34-38,41,47-48H,1,8-32H2,2-7H3/p+2/t34-,35?,36?,37?,38-,41?,43-,44+,45+,46+/m0/s1. The Morgan fingerprint density at radius 1 is 0.704 bits per heavy atom. The van der Waals surface area contributed by atoms with E-state index in [4.69, 9.17) is 9.47 Å². The highest BCUT2D eigenvalue weighted by Crippen LogP contribution is 2.77. The minimum atomic E-state index is -0.0279. The van der Waals surface area contributed by atoms with Gasteiger partial charge in [-0.3, -0.25) is 9.59 Å². The maximum Gasteiger partial charge on any atom is 0.306 e. The van der Waals surface area contributed by atoms with E-state index in [1.807, 2.05) is 0 Å². The first-order valence-corrected chi connectivity index (χ1v) is 22.8. The molecule has 0 radical (unpaired) electrons. The molecule has 306 valence electrons. The van der Waals surface area contributed by atoms with E-state index in [1.165, 1.54) is 63.4 Å². The molecule has 54 heavy (non-hydrogen) atoms. The Labute approximate surface area is 329 Å². The second kappa shape index (κ2) is 16.0. The average molecular weight is 753 g/mol. The molecule has 8 nitrogen and oxygen atoms in total. The van der Waals surface area contributed by atoms with Gasteiger partial charge in [-0.05, 0) is 117 Å². The van der Waals surface area contributed by atoms with Gasteiger partial charge in [0.15, 0.2) is 0 Å². The van der Waals surface area contributed by atoms with E-state index in [2.05, 4.69) is 58.8 Å². The fraction of sp³-hybridized carbons (Fsp3) is 0.913. The zero-order chi connectivity index (χ0) is 38.4. The average Bonchev–Trinajstić information content (AvgIpc) is 3.53. The molecule has 7 aliphatic rings. The van der Waals surface area contributed by atoms with E-state index in [0.717, 1.165) is 84.7 Å². The quantitative estimate of drug-likeness (QED) is 0.172. The van der Waals surface area contributed by atoms with Crippen molar-refractivity contribution in [3.05, 3.63) is 12.2 Å². The molecule has 5 saturated carbocycles. The summed E-state index contributed by atoms with van der Waals surface area (Å²) in [6, 6.07) is 0. The van der Waals surface area contributed by atoms with Crippen LogP contribution in [-0.2, 0) is 19.1 Å². The Hall–Kier alpha value is -1.48. The molecule has 2 aliphatic heterocycles. The summed E-state index contributed by atoms with van der Waals surface area (Å²) in [7, 11) is 0. The van der Waals surface area contributed by atoms with E-state index in [0.29, 0.717) is 49.0 Å². The molecule has 0 bridgehead atoms. The number of carbonyl (C=O) groups excluding carboxylic acids is 2. The smallest absolute Gasteiger partial charge is 0.306 e. The highest BCUT2D eigenvalue weighted by atomic mass is 16.5. The van der Waals surface area contributed by atoms with E-state index >= 15 is 0 Å². The Morgan fingerprint density at radius 3 is 1.96 bits per heavy atom. The number of carbonyl (C=O) groups is 2. The topological polar surface area (TPSA) is 85.5 Å². The fourth-order valence-corrected chi connectivity index (χ4v) is 15.3. The molecule has 0 aromatic carbocycles. The first-order chi connectivity index (χ1) is 25.7. The van der Waals surface area contributed by atoms with Crippen LogP contribution in [0.4, 0.5) is 0 Å². The van der Waals surface area contributed by atoms with Gasteiger partial charge < -0.3 is 29.9 Å². The zero-order valence-electron chi connectivity index (χ0n) is 35.5. The molecular formula is C46H80N4O4+2. The summed E-state index contributed by atoms with van der Waals surface area (Å²) in [4.78, 5) is 29.7. The fourth-order valence-electron chi connectivity index (χ4n) is 15.3. The monoisotopic (exact) mass is 753 g/mol. The summed E-state index contributed by atoms with van der Waals surface area (Å²) in [6.07, 6.45) is 15.0. The molecule has 2 heterocycles. The van der Waals surface area contributed by atoms with Gasteiger partial charge in [-0.1, -0.05) is 46.8 Å². The van der Waals surface area contributed by atoms with E-state index in [1.54, 1.807) is 9.80 Å². The largest absolute Gasteiger partial charge is 0.465 e. The van der Waals surface area contributed by atoms with Crippen LogP contribution in [0, 0.1) is 56.7 Å². The van der Waals surface area contributed by atoms with Crippen LogP contribution in [0.15, 0.2) is 12.2 Å². The Balaban J connectivity index is 1.01. The van der Waals surface area contributed by atoms with Crippen LogP contribution in [0.1, 0.15) is 131 Å². The van der Waals surface area contributed by atoms with Gasteiger partial charge in [0.1, 0.15) is 6.10 Å². The first-order valence-electron chi connectivity index (χ1n) is 22.8.